The van der Waals surface area contributed by atoms with Gasteiger partial charge in [-0.05, 0) is 45.4 Å². The number of unbranched alkanes of at least 4 members (excludes halogenated alkanes) is 6. The van der Waals surface area contributed by atoms with Crippen molar-refractivity contribution in [3.05, 3.63) is 0 Å². The molecule has 2 nitrogen and oxygen atoms in total. The van der Waals surface area contributed by atoms with Gasteiger partial charge in [-0.3, -0.25) is 0 Å². The van der Waals surface area contributed by atoms with E-state index in [1.54, 1.807) is 0 Å². The maximum absolute atomic E-state index is 3.62. The fourth-order valence-electron chi connectivity index (χ4n) is 2.71. The highest BCUT2D eigenvalue weighted by Gasteiger charge is 2.18. The van der Waals surface area contributed by atoms with E-state index in [1.807, 2.05) is 0 Å². The van der Waals surface area contributed by atoms with Gasteiger partial charge in [0.2, 0.25) is 0 Å². The van der Waals surface area contributed by atoms with Crippen LogP contribution in [0.3, 0.4) is 0 Å². The van der Waals surface area contributed by atoms with Gasteiger partial charge in [0.25, 0.3) is 0 Å². The predicted molar refractivity (Wildman–Crippen MR) is 76.5 cm³/mol. The van der Waals surface area contributed by atoms with E-state index in [0.717, 1.165) is 5.92 Å². The zero-order valence-electron chi connectivity index (χ0n) is 12.0. The van der Waals surface area contributed by atoms with Gasteiger partial charge in [-0.15, -0.1) is 0 Å². The van der Waals surface area contributed by atoms with Crippen molar-refractivity contribution < 1.29 is 0 Å². The van der Waals surface area contributed by atoms with Crippen molar-refractivity contribution in [3.8, 4) is 0 Å². The van der Waals surface area contributed by atoms with Crippen LogP contribution in [0.25, 0.3) is 0 Å². The normalized spacial score (nSPS) is 21.2. The average molecular weight is 240 g/mol. The SMILES string of the molecule is CCCCCCCCCNCC1CCN(C)C1. The third kappa shape index (κ3) is 7.77. The fraction of sp³-hybridized carbons (Fsp3) is 1.00. The average Bonchev–Trinajstić information content (AvgIpc) is 2.73. The van der Waals surface area contributed by atoms with Gasteiger partial charge in [-0.25, -0.2) is 0 Å². The van der Waals surface area contributed by atoms with E-state index in [-0.39, 0.29) is 0 Å². The van der Waals surface area contributed by atoms with Crippen LogP contribution in [0.4, 0.5) is 0 Å². The highest BCUT2D eigenvalue weighted by Crippen LogP contribution is 2.12. The molecular weight excluding hydrogens is 208 g/mol. The van der Waals surface area contributed by atoms with Crippen LogP contribution in [0.1, 0.15) is 58.3 Å². The van der Waals surface area contributed by atoms with Crippen LogP contribution in [0.5, 0.6) is 0 Å². The van der Waals surface area contributed by atoms with E-state index < -0.39 is 0 Å². The molecule has 1 heterocycles. The first-order chi connectivity index (χ1) is 8.33. The van der Waals surface area contributed by atoms with Gasteiger partial charge in [-0.2, -0.15) is 0 Å². The standard InChI is InChI=1S/C15H32N2/c1-3-4-5-6-7-8-9-11-16-13-15-10-12-17(2)14-15/h15-16H,3-14H2,1-2H3. The molecule has 17 heavy (non-hydrogen) atoms. The third-order valence-corrected chi connectivity index (χ3v) is 3.88. The molecule has 0 amide bonds. The fourth-order valence-corrected chi connectivity index (χ4v) is 2.71. The van der Waals surface area contributed by atoms with Gasteiger partial charge in [0.15, 0.2) is 0 Å². The molecule has 0 aromatic carbocycles. The van der Waals surface area contributed by atoms with Crippen LogP contribution in [0.15, 0.2) is 0 Å². The number of hydrogen-bond acceptors (Lipinski definition) is 2. The number of hydrogen-bond donors (Lipinski definition) is 1. The van der Waals surface area contributed by atoms with Crippen molar-refractivity contribution in [2.24, 2.45) is 5.92 Å². The summed E-state index contributed by atoms with van der Waals surface area (Å²) in [6.07, 6.45) is 11.3. The van der Waals surface area contributed by atoms with Gasteiger partial charge in [0.1, 0.15) is 0 Å². The molecule has 1 aliphatic rings. The van der Waals surface area contributed by atoms with Crippen molar-refractivity contribution >= 4 is 0 Å². The van der Waals surface area contributed by atoms with E-state index in [4.69, 9.17) is 0 Å². The van der Waals surface area contributed by atoms with Crippen LogP contribution in [-0.2, 0) is 0 Å². The molecule has 1 N–H and O–H groups in total. The number of rotatable bonds is 10. The minimum Gasteiger partial charge on any atom is -0.316 e. The van der Waals surface area contributed by atoms with Crippen molar-refractivity contribution in [1.29, 1.82) is 0 Å². The van der Waals surface area contributed by atoms with Gasteiger partial charge >= 0.3 is 0 Å². The lowest BCUT2D eigenvalue weighted by atomic mass is 10.1. The van der Waals surface area contributed by atoms with Crippen LogP contribution in [0, 0.1) is 5.92 Å². The van der Waals surface area contributed by atoms with Crippen LogP contribution in [0.2, 0.25) is 0 Å². The Labute approximate surface area is 108 Å². The zero-order chi connectivity index (χ0) is 12.3. The second kappa shape index (κ2) is 9.90. The lowest BCUT2D eigenvalue weighted by molar-refractivity contribution is 0.387. The molecule has 1 aliphatic heterocycles. The summed E-state index contributed by atoms with van der Waals surface area (Å²) in [6, 6.07) is 0. The molecule has 1 atom stereocenters. The van der Waals surface area contributed by atoms with E-state index in [1.165, 1.54) is 77.5 Å². The first kappa shape index (κ1) is 15.0. The molecule has 0 bridgehead atoms. The van der Waals surface area contributed by atoms with Crippen LogP contribution in [-0.4, -0.2) is 38.1 Å². The first-order valence-corrected chi connectivity index (χ1v) is 7.72. The second-order valence-corrected chi connectivity index (χ2v) is 5.74. The minimum absolute atomic E-state index is 0.907. The topological polar surface area (TPSA) is 15.3 Å². The Kier molecular flexibility index (Phi) is 8.72. The summed E-state index contributed by atoms with van der Waals surface area (Å²) in [5.74, 6) is 0.907. The largest absolute Gasteiger partial charge is 0.316 e. The second-order valence-electron chi connectivity index (χ2n) is 5.74. The van der Waals surface area contributed by atoms with Crippen molar-refractivity contribution in [3.63, 3.8) is 0 Å². The molecule has 0 radical (unpaired) electrons. The summed E-state index contributed by atoms with van der Waals surface area (Å²) in [5.41, 5.74) is 0. The summed E-state index contributed by atoms with van der Waals surface area (Å²) in [4.78, 5) is 2.44. The molecule has 0 aliphatic carbocycles. The van der Waals surface area contributed by atoms with Gasteiger partial charge in [0.05, 0.1) is 0 Å². The summed E-state index contributed by atoms with van der Waals surface area (Å²) in [6.45, 7) is 7.34. The summed E-state index contributed by atoms with van der Waals surface area (Å²) >= 11 is 0. The Balaban J connectivity index is 1.75. The Morgan fingerprint density at radius 3 is 2.41 bits per heavy atom. The van der Waals surface area contributed by atoms with E-state index in [9.17, 15) is 0 Å². The molecule has 0 saturated carbocycles. The van der Waals surface area contributed by atoms with Crippen molar-refractivity contribution in [2.75, 3.05) is 33.2 Å². The summed E-state index contributed by atoms with van der Waals surface area (Å²) in [5, 5.41) is 3.62. The van der Waals surface area contributed by atoms with E-state index in [2.05, 4.69) is 24.2 Å². The molecule has 1 unspecified atom stereocenters. The molecule has 0 aromatic heterocycles. The number of nitrogens with one attached hydrogen (secondary N) is 1. The molecule has 2 heteroatoms. The van der Waals surface area contributed by atoms with Crippen LogP contribution < -0.4 is 5.32 Å². The van der Waals surface area contributed by atoms with E-state index >= 15 is 0 Å². The Hall–Kier alpha value is -0.0800. The number of likely N-dealkylation sites (tertiary alicyclic amines) is 1. The number of nitrogens with zero attached hydrogens (tertiary/aromatic N) is 1. The molecule has 1 saturated heterocycles. The molecule has 1 fully saturated rings. The quantitative estimate of drug-likeness (QED) is 0.590. The summed E-state index contributed by atoms with van der Waals surface area (Å²) in [7, 11) is 2.23. The van der Waals surface area contributed by atoms with Crippen LogP contribution >= 0.6 is 0 Å². The Morgan fingerprint density at radius 2 is 1.76 bits per heavy atom. The molecule has 0 spiro atoms. The highest BCUT2D eigenvalue weighted by molar-refractivity contribution is 4.74. The Bertz CT molecular complexity index is 170. The van der Waals surface area contributed by atoms with Gasteiger partial charge < -0.3 is 10.2 Å². The lowest BCUT2D eigenvalue weighted by Gasteiger charge is -2.11. The third-order valence-electron chi connectivity index (χ3n) is 3.88. The molecule has 102 valence electrons. The monoisotopic (exact) mass is 240 g/mol. The van der Waals surface area contributed by atoms with Crippen molar-refractivity contribution in [1.82, 2.24) is 10.2 Å². The van der Waals surface area contributed by atoms with Gasteiger partial charge in [0, 0.05) is 6.54 Å². The smallest absolute Gasteiger partial charge is 0.00192 e. The first-order valence-electron chi connectivity index (χ1n) is 7.72. The van der Waals surface area contributed by atoms with E-state index in [0.29, 0.717) is 0 Å². The molecular formula is C15H32N2. The highest BCUT2D eigenvalue weighted by atomic mass is 15.1. The predicted octanol–water partition coefficient (Wildman–Crippen LogP) is 3.28. The van der Waals surface area contributed by atoms with Gasteiger partial charge in [-0.1, -0.05) is 45.4 Å². The molecule has 0 aromatic rings. The Morgan fingerprint density at radius 1 is 1.06 bits per heavy atom. The minimum atomic E-state index is 0.907. The lowest BCUT2D eigenvalue weighted by Crippen LogP contribution is -2.25. The maximum atomic E-state index is 3.62. The zero-order valence-corrected chi connectivity index (χ0v) is 12.0. The maximum Gasteiger partial charge on any atom is 0.00192 e. The van der Waals surface area contributed by atoms with Crippen molar-refractivity contribution in [2.45, 2.75) is 58.3 Å². The molecule has 1 rings (SSSR count). The summed E-state index contributed by atoms with van der Waals surface area (Å²) < 4.78 is 0.